The summed E-state index contributed by atoms with van der Waals surface area (Å²) >= 11 is 1.08. The lowest BCUT2D eigenvalue weighted by atomic mass is 10.1. The van der Waals surface area contributed by atoms with Gasteiger partial charge in [0.15, 0.2) is 5.13 Å². The molecule has 0 bridgehead atoms. The fourth-order valence-corrected chi connectivity index (χ4v) is 3.28. The predicted molar refractivity (Wildman–Crippen MR) is 109 cm³/mol. The number of aromatic nitrogens is 1. The molecule has 3 aromatic rings. The molecule has 1 heterocycles. The van der Waals surface area contributed by atoms with Crippen LogP contribution in [0.1, 0.15) is 17.3 Å². The van der Waals surface area contributed by atoms with Crippen LogP contribution in [0, 0.1) is 10.1 Å². The molecule has 2 aromatic carbocycles. The zero-order valence-corrected chi connectivity index (χ0v) is 16.1. The zero-order valence-electron chi connectivity index (χ0n) is 15.2. The third kappa shape index (κ3) is 4.93. The van der Waals surface area contributed by atoms with Crippen molar-refractivity contribution < 1.29 is 19.2 Å². The number of benzene rings is 2. The Bertz CT molecular complexity index is 1030. The highest BCUT2D eigenvalue weighted by Gasteiger charge is 2.18. The number of carbonyl (C=O) groups excluding carboxylic acids is 2. The van der Waals surface area contributed by atoms with E-state index in [0.717, 1.165) is 16.9 Å². The summed E-state index contributed by atoms with van der Waals surface area (Å²) in [5, 5.41) is 16.7. The Kier molecular flexibility index (Phi) is 6.15. The second-order valence-electron chi connectivity index (χ2n) is 5.67. The van der Waals surface area contributed by atoms with Crippen molar-refractivity contribution in [3.8, 4) is 11.3 Å². The van der Waals surface area contributed by atoms with Crippen molar-refractivity contribution in [1.29, 1.82) is 0 Å². The van der Waals surface area contributed by atoms with Gasteiger partial charge in [-0.3, -0.25) is 20.2 Å². The number of hydrogen-bond acceptors (Lipinski definition) is 7. The summed E-state index contributed by atoms with van der Waals surface area (Å²) < 4.78 is 4.86. The van der Waals surface area contributed by atoms with E-state index in [9.17, 15) is 19.7 Å². The maximum Gasteiger partial charge on any atom is 0.413 e. The fourth-order valence-electron chi connectivity index (χ4n) is 2.41. The molecule has 29 heavy (non-hydrogen) atoms. The minimum Gasteiger partial charge on any atom is -0.450 e. The van der Waals surface area contributed by atoms with E-state index in [1.54, 1.807) is 6.92 Å². The summed E-state index contributed by atoms with van der Waals surface area (Å²) in [7, 11) is 0. The molecular weight excluding hydrogens is 396 g/mol. The number of nitro benzene ring substituents is 1. The van der Waals surface area contributed by atoms with Crippen molar-refractivity contribution in [2.75, 3.05) is 17.2 Å². The lowest BCUT2D eigenvalue weighted by Gasteiger charge is -2.05. The Morgan fingerprint density at radius 1 is 1.10 bits per heavy atom. The maximum absolute atomic E-state index is 12.6. The van der Waals surface area contributed by atoms with Crippen LogP contribution < -0.4 is 10.6 Å². The van der Waals surface area contributed by atoms with Crippen LogP contribution in [0.15, 0.2) is 54.6 Å². The third-order valence-electron chi connectivity index (χ3n) is 3.73. The molecule has 0 spiro atoms. The Balaban J connectivity index is 1.88. The smallest absolute Gasteiger partial charge is 0.413 e. The van der Waals surface area contributed by atoms with E-state index in [4.69, 9.17) is 4.74 Å². The highest BCUT2D eigenvalue weighted by atomic mass is 32.1. The van der Waals surface area contributed by atoms with Crippen LogP contribution in [-0.2, 0) is 4.74 Å². The Morgan fingerprint density at radius 2 is 1.79 bits per heavy atom. The molecule has 2 N–H and O–H groups in total. The summed E-state index contributed by atoms with van der Waals surface area (Å²) in [6.45, 7) is 1.90. The highest BCUT2D eigenvalue weighted by molar-refractivity contribution is 7.20. The largest absolute Gasteiger partial charge is 0.450 e. The van der Waals surface area contributed by atoms with E-state index < -0.39 is 16.9 Å². The lowest BCUT2D eigenvalue weighted by Crippen LogP contribution is -2.12. The molecule has 0 saturated carbocycles. The SMILES string of the molecule is CCOC(=O)Nc1nc(-c2ccccc2)c(NC(=O)c2ccc([N+](=O)[O-])cc2)s1. The molecule has 1 aromatic heterocycles. The van der Waals surface area contributed by atoms with Gasteiger partial charge in [-0.15, -0.1) is 0 Å². The van der Waals surface area contributed by atoms with E-state index in [-0.39, 0.29) is 23.0 Å². The van der Waals surface area contributed by atoms with Crippen molar-refractivity contribution in [2.24, 2.45) is 0 Å². The van der Waals surface area contributed by atoms with Gasteiger partial charge >= 0.3 is 6.09 Å². The number of non-ortho nitro benzene ring substituents is 1. The van der Waals surface area contributed by atoms with E-state index in [1.807, 2.05) is 30.3 Å². The quantitative estimate of drug-likeness (QED) is 0.452. The highest BCUT2D eigenvalue weighted by Crippen LogP contribution is 2.36. The van der Waals surface area contributed by atoms with E-state index in [1.165, 1.54) is 24.3 Å². The molecule has 0 aliphatic rings. The molecule has 0 radical (unpaired) electrons. The summed E-state index contributed by atoms with van der Waals surface area (Å²) in [6, 6.07) is 14.4. The number of amides is 2. The number of anilines is 2. The number of thiazole rings is 1. The van der Waals surface area contributed by atoms with Gasteiger partial charge in [-0.1, -0.05) is 41.7 Å². The molecule has 148 valence electrons. The normalized spacial score (nSPS) is 10.2. The van der Waals surface area contributed by atoms with Crippen molar-refractivity contribution >= 4 is 39.2 Å². The number of nitrogens with one attached hydrogen (secondary N) is 2. The minimum absolute atomic E-state index is 0.106. The Labute approximate surface area is 169 Å². The van der Waals surface area contributed by atoms with Gasteiger partial charge in [0.2, 0.25) is 0 Å². The van der Waals surface area contributed by atoms with E-state index >= 15 is 0 Å². The maximum atomic E-state index is 12.6. The molecule has 0 unspecified atom stereocenters. The molecule has 9 nitrogen and oxygen atoms in total. The van der Waals surface area contributed by atoms with Crippen molar-refractivity contribution in [3.05, 3.63) is 70.3 Å². The van der Waals surface area contributed by atoms with Crippen LogP contribution in [0.3, 0.4) is 0 Å². The van der Waals surface area contributed by atoms with Crippen LogP contribution in [0.2, 0.25) is 0 Å². The standard InChI is InChI=1S/C19H16N4O5S/c1-2-28-19(25)22-18-20-15(12-6-4-3-5-7-12)17(29-18)21-16(24)13-8-10-14(11-9-13)23(26)27/h3-11H,2H2,1H3,(H,21,24)(H,20,22,25). The summed E-state index contributed by atoms with van der Waals surface area (Å²) in [5.74, 6) is -0.455. The van der Waals surface area contributed by atoms with Gasteiger partial charge in [-0.05, 0) is 19.1 Å². The van der Waals surface area contributed by atoms with Gasteiger partial charge in [-0.25, -0.2) is 9.78 Å². The topological polar surface area (TPSA) is 123 Å². The number of rotatable bonds is 6. The molecule has 0 fully saturated rings. The van der Waals surface area contributed by atoms with Gasteiger partial charge in [0.05, 0.1) is 11.5 Å². The van der Waals surface area contributed by atoms with Crippen LogP contribution in [0.4, 0.5) is 20.6 Å². The Morgan fingerprint density at radius 3 is 2.41 bits per heavy atom. The minimum atomic E-state index is -0.644. The van der Waals surface area contributed by atoms with Gasteiger partial charge in [0.25, 0.3) is 11.6 Å². The van der Waals surface area contributed by atoms with Crippen molar-refractivity contribution in [2.45, 2.75) is 6.92 Å². The number of carbonyl (C=O) groups is 2. The van der Waals surface area contributed by atoms with Crippen LogP contribution in [0.25, 0.3) is 11.3 Å². The number of ether oxygens (including phenoxy) is 1. The van der Waals surface area contributed by atoms with Gasteiger partial charge in [-0.2, -0.15) is 0 Å². The molecule has 10 heteroatoms. The number of hydrogen-bond donors (Lipinski definition) is 2. The number of nitrogens with zero attached hydrogens (tertiary/aromatic N) is 2. The molecule has 0 saturated heterocycles. The Hall–Kier alpha value is -3.79. The first-order valence-electron chi connectivity index (χ1n) is 8.53. The molecule has 0 aliphatic carbocycles. The second-order valence-corrected chi connectivity index (χ2v) is 6.67. The summed E-state index contributed by atoms with van der Waals surface area (Å²) in [5.41, 5.74) is 1.38. The molecule has 3 rings (SSSR count). The third-order valence-corrected chi connectivity index (χ3v) is 4.61. The van der Waals surface area contributed by atoms with E-state index in [0.29, 0.717) is 10.7 Å². The zero-order chi connectivity index (χ0) is 20.8. The summed E-state index contributed by atoms with van der Waals surface area (Å²) in [4.78, 5) is 38.9. The fraction of sp³-hybridized carbons (Fsp3) is 0.105. The average Bonchev–Trinajstić information content (AvgIpc) is 3.10. The first kappa shape index (κ1) is 20.0. The first-order chi connectivity index (χ1) is 14.0. The molecule has 2 amide bonds. The lowest BCUT2D eigenvalue weighted by molar-refractivity contribution is -0.384. The average molecular weight is 412 g/mol. The monoisotopic (exact) mass is 412 g/mol. The molecular formula is C19H16N4O5S. The second kappa shape index (κ2) is 8.93. The van der Waals surface area contributed by atoms with Gasteiger partial charge in [0, 0.05) is 23.3 Å². The first-order valence-corrected chi connectivity index (χ1v) is 9.35. The van der Waals surface area contributed by atoms with Crippen molar-refractivity contribution in [3.63, 3.8) is 0 Å². The van der Waals surface area contributed by atoms with Crippen LogP contribution in [0.5, 0.6) is 0 Å². The molecule has 0 atom stereocenters. The predicted octanol–water partition coefficient (Wildman–Crippen LogP) is 4.54. The van der Waals surface area contributed by atoms with Gasteiger partial charge < -0.3 is 10.1 Å². The van der Waals surface area contributed by atoms with Crippen LogP contribution in [-0.4, -0.2) is 28.5 Å². The molecule has 0 aliphatic heterocycles. The van der Waals surface area contributed by atoms with Crippen molar-refractivity contribution in [1.82, 2.24) is 4.98 Å². The van der Waals surface area contributed by atoms with Crippen LogP contribution >= 0.6 is 11.3 Å². The van der Waals surface area contributed by atoms with E-state index in [2.05, 4.69) is 15.6 Å². The summed E-state index contributed by atoms with van der Waals surface area (Å²) in [6.07, 6.45) is -0.644. The van der Waals surface area contributed by atoms with Gasteiger partial charge in [0.1, 0.15) is 10.7 Å². The number of nitro groups is 1.